The highest BCUT2D eigenvalue weighted by Gasteiger charge is 2.25. The van der Waals surface area contributed by atoms with Gasteiger partial charge in [0.25, 0.3) is 5.91 Å². The zero-order valence-electron chi connectivity index (χ0n) is 12.3. The van der Waals surface area contributed by atoms with Gasteiger partial charge >= 0.3 is 0 Å². The van der Waals surface area contributed by atoms with E-state index >= 15 is 0 Å². The lowest BCUT2D eigenvalue weighted by Gasteiger charge is -2.26. The molecular formula is C16H21N3O2. The molecule has 0 unspecified atom stereocenters. The number of nitrogens with two attached hydrogens (primary N) is 1. The van der Waals surface area contributed by atoms with Crippen LogP contribution >= 0.6 is 0 Å². The molecular weight excluding hydrogens is 266 g/mol. The first-order valence-corrected chi connectivity index (χ1v) is 7.50. The quantitative estimate of drug-likeness (QED) is 0.858. The third kappa shape index (κ3) is 2.78. The Balaban J connectivity index is 1.69. The molecule has 0 spiro atoms. The number of carbonyl (C=O) groups is 2. The zero-order chi connectivity index (χ0) is 15.0. The summed E-state index contributed by atoms with van der Waals surface area (Å²) >= 11 is 0. The summed E-state index contributed by atoms with van der Waals surface area (Å²) in [6, 6.07) is 5.97. The Morgan fingerprint density at radius 3 is 2.71 bits per heavy atom. The summed E-state index contributed by atoms with van der Waals surface area (Å²) in [4.78, 5) is 25.6. The molecule has 1 aliphatic carbocycles. The van der Waals surface area contributed by atoms with Gasteiger partial charge < -0.3 is 16.0 Å². The molecule has 1 aliphatic heterocycles. The first-order valence-electron chi connectivity index (χ1n) is 7.50. The highest BCUT2D eigenvalue weighted by atomic mass is 16.2. The molecule has 2 amide bonds. The summed E-state index contributed by atoms with van der Waals surface area (Å²) in [7, 11) is 1.76. The summed E-state index contributed by atoms with van der Waals surface area (Å²) in [5.41, 5.74) is 8.34. The lowest BCUT2D eigenvalue weighted by molar-refractivity contribution is -0.117. The average molecular weight is 287 g/mol. The Hall–Kier alpha value is -1.88. The van der Waals surface area contributed by atoms with Crippen molar-refractivity contribution in [1.29, 1.82) is 0 Å². The monoisotopic (exact) mass is 287 g/mol. The van der Waals surface area contributed by atoms with Gasteiger partial charge in [-0.2, -0.15) is 0 Å². The van der Waals surface area contributed by atoms with Gasteiger partial charge in [-0.1, -0.05) is 0 Å². The second-order valence-corrected chi connectivity index (χ2v) is 6.06. The van der Waals surface area contributed by atoms with Gasteiger partial charge in [0, 0.05) is 30.4 Å². The van der Waals surface area contributed by atoms with Gasteiger partial charge in [0.05, 0.1) is 6.42 Å². The SMILES string of the molecule is CN1C(=O)Cc2cc(C(=O)NC3CCC(N)CC3)ccc21. The molecule has 1 heterocycles. The second kappa shape index (κ2) is 5.48. The molecule has 0 aromatic heterocycles. The van der Waals surface area contributed by atoms with E-state index in [1.54, 1.807) is 18.0 Å². The summed E-state index contributed by atoms with van der Waals surface area (Å²) in [6.07, 6.45) is 4.20. The van der Waals surface area contributed by atoms with Gasteiger partial charge in [-0.05, 0) is 49.4 Å². The lowest BCUT2D eigenvalue weighted by Crippen LogP contribution is -2.40. The van der Waals surface area contributed by atoms with Gasteiger partial charge in [0.15, 0.2) is 0 Å². The largest absolute Gasteiger partial charge is 0.349 e. The Morgan fingerprint density at radius 1 is 1.29 bits per heavy atom. The third-order valence-electron chi connectivity index (χ3n) is 4.53. The number of benzene rings is 1. The topological polar surface area (TPSA) is 75.4 Å². The number of carbonyl (C=O) groups excluding carboxylic acids is 2. The minimum atomic E-state index is -0.0553. The van der Waals surface area contributed by atoms with E-state index in [1.165, 1.54) is 0 Å². The van der Waals surface area contributed by atoms with Crippen LogP contribution in [0.15, 0.2) is 18.2 Å². The standard InChI is InChI=1S/C16H21N3O2/c1-19-14-7-2-10(8-11(14)9-15(19)20)16(21)18-13-5-3-12(17)4-6-13/h2,7-8,12-13H,3-6,9,17H2,1H3,(H,18,21). The van der Waals surface area contributed by atoms with E-state index < -0.39 is 0 Å². The van der Waals surface area contributed by atoms with Gasteiger partial charge in [0.1, 0.15) is 0 Å². The van der Waals surface area contributed by atoms with E-state index in [4.69, 9.17) is 5.73 Å². The fourth-order valence-electron chi connectivity index (χ4n) is 3.14. The van der Waals surface area contributed by atoms with E-state index in [0.29, 0.717) is 12.0 Å². The summed E-state index contributed by atoms with van der Waals surface area (Å²) in [6.45, 7) is 0. The summed E-state index contributed by atoms with van der Waals surface area (Å²) < 4.78 is 0. The molecule has 3 rings (SSSR count). The number of hydrogen-bond donors (Lipinski definition) is 2. The number of nitrogens with one attached hydrogen (secondary N) is 1. The molecule has 0 atom stereocenters. The second-order valence-electron chi connectivity index (χ2n) is 6.06. The molecule has 5 heteroatoms. The Kier molecular flexibility index (Phi) is 3.68. The van der Waals surface area contributed by atoms with Gasteiger partial charge in [-0.15, -0.1) is 0 Å². The van der Waals surface area contributed by atoms with Crippen LogP contribution in [0.3, 0.4) is 0 Å². The highest BCUT2D eigenvalue weighted by Crippen LogP contribution is 2.28. The Labute approximate surface area is 124 Å². The number of rotatable bonds is 2. The molecule has 3 N–H and O–H groups in total. The maximum absolute atomic E-state index is 12.3. The fraction of sp³-hybridized carbons (Fsp3) is 0.500. The van der Waals surface area contributed by atoms with E-state index in [2.05, 4.69) is 5.32 Å². The van der Waals surface area contributed by atoms with Crippen molar-refractivity contribution >= 4 is 17.5 Å². The van der Waals surface area contributed by atoms with Crippen molar-refractivity contribution in [1.82, 2.24) is 5.32 Å². The number of fused-ring (bicyclic) bond motifs is 1. The smallest absolute Gasteiger partial charge is 0.251 e. The van der Waals surface area contributed by atoms with Crippen LogP contribution in [0, 0.1) is 0 Å². The minimum absolute atomic E-state index is 0.0553. The molecule has 1 aromatic rings. The van der Waals surface area contributed by atoms with Crippen LogP contribution in [-0.2, 0) is 11.2 Å². The van der Waals surface area contributed by atoms with Crippen LogP contribution in [0.2, 0.25) is 0 Å². The summed E-state index contributed by atoms with van der Waals surface area (Å²) in [5, 5.41) is 3.08. The van der Waals surface area contributed by atoms with Crippen molar-refractivity contribution < 1.29 is 9.59 Å². The lowest BCUT2D eigenvalue weighted by atomic mass is 9.91. The zero-order valence-corrected chi connectivity index (χ0v) is 12.3. The predicted molar refractivity (Wildman–Crippen MR) is 81.3 cm³/mol. The van der Waals surface area contributed by atoms with E-state index in [1.807, 2.05) is 12.1 Å². The number of hydrogen-bond acceptors (Lipinski definition) is 3. The molecule has 0 saturated heterocycles. The van der Waals surface area contributed by atoms with Crippen molar-refractivity contribution in [2.75, 3.05) is 11.9 Å². The first kappa shape index (κ1) is 14.1. The molecule has 0 radical (unpaired) electrons. The van der Waals surface area contributed by atoms with Crippen molar-refractivity contribution in [3.63, 3.8) is 0 Å². The minimum Gasteiger partial charge on any atom is -0.349 e. The molecule has 1 fully saturated rings. The van der Waals surface area contributed by atoms with E-state index in [-0.39, 0.29) is 23.9 Å². The van der Waals surface area contributed by atoms with E-state index in [0.717, 1.165) is 36.9 Å². The van der Waals surface area contributed by atoms with Crippen LogP contribution in [0.25, 0.3) is 0 Å². The van der Waals surface area contributed by atoms with Gasteiger partial charge in [0.2, 0.25) is 5.91 Å². The molecule has 112 valence electrons. The normalized spacial score (nSPS) is 24.9. The number of amides is 2. The van der Waals surface area contributed by atoms with E-state index in [9.17, 15) is 9.59 Å². The average Bonchev–Trinajstić information content (AvgIpc) is 2.76. The highest BCUT2D eigenvalue weighted by molar-refractivity contribution is 6.03. The maximum atomic E-state index is 12.3. The summed E-state index contributed by atoms with van der Waals surface area (Å²) in [5.74, 6) is 0.0177. The Bertz CT molecular complexity index is 577. The molecule has 1 saturated carbocycles. The number of anilines is 1. The van der Waals surface area contributed by atoms with Gasteiger partial charge in [-0.3, -0.25) is 9.59 Å². The maximum Gasteiger partial charge on any atom is 0.251 e. The van der Waals surface area contributed by atoms with Crippen LogP contribution in [0.5, 0.6) is 0 Å². The number of nitrogens with zero attached hydrogens (tertiary/aromatic N) is 1. The molecule has 5 nitrogen and oxygen atoms in total. The van der Waals surface area contributed by atoms with Crippen molar-refractivity contribution in [3.8, 4) is 0 Å². The first-order chi connectivity index (χ1) is 10.0. The van der Waals surface area contributed by atoms with Crippen LogP contribution in [0.1, 0.15) is 41.6 Å². The Morgan fingerprint density at radius 2 is 2.00 bits per heavy atom. The molecule has 0 bridgehead atoms. The van der Waals surface area contributed by atoms with Gasteiger partial charge in [-0.25, -0.2) is 0 Å². The van der Waals surface area contributed by atoms with Crippen LogP contribution in [0.4, 0.5) is 5.69 Å². The van der Waals surface area contributed by atoms with Crippen molar-refractivity contribution in [2.45, 2.75) is 44.2 Å². The van der Waals surface area contributed by atoms with Crippen LogP contribution < -0.4 is 16.0 Å². The molecule has 1 aromatic carbocycles. The number of likely N-dealkylation sites (N-methyl/N-ethyl adjacent to an activating group) is 1. The predicted octanol–water partition coefficient (Wildman–Crippen LogP) is 1.21. The molecule has 21 heavy (non-hydrogen) atoms. The third-order valence-corrected chi connectivity index (χ3v) is 4.53. The van der Waals surface area contributed by atoms with Crippen LogP contribution in [-0.4, -0.2) is 30.9 Å². The fourth-order valence-corrected chi connectivity index (χ4v) is 3.14. The molecule has 2 aliphatic rings. The van der Waals surface area contributed by atoms with Crippen molar-refractivity contribution in [2.24, 2.45) is 5.73 Å². The van der Waals surface area contributed by atoms with Crippen molar-refractivity contribution in [3.05, 3.63) is 29.3 Å².